The number of nitrogens with zero attached hydrogens (tertiary/aromatic N) is 1. The lowest BCUT2D eigenvalue weighted by Gasteiger charge is -2.10. The summed E-state index contributed by atoms with van der Waals surface area (Å²) < 4.78 is 0. The summed E-state index contributed by atoms with van der Waals surface area (Å²) in [5.41, 5.74) is 1.62. The maximum absolute atomic E-state index is 11.8. The van der Waals surface area contributed by atoms with Crippen molar-refractivity contribution in [1.82, 2.24) is 4.98 Å². The summed E-state index contributed by atoms with van der Waals surface area (Å²) in [6, 6.07) is 1.85. The van der Waals surface area contributed by atoms with Crippen LogP contribution in [0.2, 0.25) is 5.15 Å². The molecule has 0 atom stereocenters. The maximum atomic E-state index is 11.8. The molecule has 1 fully saturated rings. The van der Waals surface area contributed by atoms with Crippen LogP contribution in [-0.2, 0) is 4.79 Å². The van der Waals surface area contributed by atoms with Gasteiger partial charge < -0.3 is 5.32 Å². The summed E-state index contributed by atoms with van der Waals surface area (Å²) in [5.74, 6) is 0.289. The van der Waals surface area contributed by atoms with Crippen LogP contribution in [0.4, 0.5) is 5.69 Å². The number of carbonyl (C=O) groups excluding carboxylic acids is 1. The Balaban J connectivity index is 2.02. The standard InChI is InChI=1S/C12H15ClN2O/c1-8-6-10(7-14-11(8)13)15-12(16)9-4-2-3-5-9/h6-7,9H,2-5H2,1H3,(H,15,16). The summed E-state index contributed by atoms with van der Waals surface area (Å²) in [6.07, 6.45) is 5.94. The third-order valence-electron chi connectivity index (χ3n) is 3.01. The molecular weight excluding hydrogens is 224 g/mol. The Morgan fingerprint density at radius 2 is 2.19 bits per heavy atom. The van der Waals surface area contributed by atoms with E-state index in [0.717, 1.165) is 36.9 Å². The summed E-state index contributed by atoms with van der Waals surface area (Å²) in [6.45, 7) is 1.88. The van der Waals surface area contributed by atoms with E-state index in [2.05, 4.69) is 10.3 Å². The summed E-state index contributed by atoms with van der Waals surface area (Å²) in [5, 5.41) is 3.38. The van der Waals surface area contributed by atoms with Gasteiger partial charge in [0.1, 0.15) is 5.15 Å². The summed E-state index contributed by atoms with van der Waals surface area (Å²) >= 11 is 5.82. The molecule has 0 bridgehead atoms. The van der Waals surface area contributed by atoms with E-state index in [9.17, 15) is 4.79 Å². The molecule has 1 aromatic heterocycles. The molecule has 16 heavy (non-hydrogen) atoms. The first-order valence-electron chi connectivity index (χ1n) is 5.60. The molecule has 1 amide bonds. The van der Waals surface area contributed by atoms with Crippen LogP contribution in [-0.4, -0.2) is 10.9 Å². The van der Waals surface area contributed by atoms with Gasteiger partial charge in [-0.3, -0.25) is 4.79 Å². The number of halogens is 1. The molecule has 1 N–H and O–H groups in total. The van der Waals surface area contributed by atoms with Crippen molar-refractivity contribution >= 4 is 23.2 Å². The van der Waals surface area contributed by atoms with Crippen molar-refractivity contribution in [2.45, 2.75) is 32.6 Å². The number of aromatic nitrogens is 1. The smallest absolute Gasteiger partial charge is 0.227 e. The van der Waals surface area contributed by atoms with Gasteiger partial charge >= 0.3 is 0 Å². The second-order valence-electron chi connectivity index (χ2n) is 4.30. The van der Waals surface area contributed by atoms with Gasteiger partial charge in [-0.1, -0.05) is 24.4 Å². The number of rotatable bonds is 2. The zero-order valence-electron chi connectivity index (χ0n) is 9.29. The number of anilines is 1. The third-order valence-corrected chi connectivity index (χ3v) is 3.40. The van der Waals surface area contributed by atoms with Crippen molar-refractivity contribution in [2.24, 2.45) is 5.92 Å². The van der Waals surface area contributed by atoms with E-state index < -0.39 is 0 Å². The molecule has 3 nitrogen and oxygen atoms in total. The lowest BCUT2D eigenvalue weighted by molar-refractivity contribution is -0.119. The van der Waals surface area contributed by atoms with Gasteiger partial charge in [-0.05, 0) is 31.4 Å². The highest BCUT2D eigenvalue weighted by Gasteiger charge is 2.22. The van der Waals surface area contributed by atoms with Crippen LogP contribution in [0.1, 0.15) is 31.2 Å². The highest BCUT2D eigenvalue weighted by Crippen LogP contribution is 2.26. The van der Waals surface area contributed by atoms with Crippen molar-refractivity contribution < 1.29 is 4.79 Å². The molecule has 4 heteroatoms. The zero-order chi connectivity index (χ0) is 11.5. The summed E-state index contributed by atoms with van der Waals surface area (Å²) in [4.78, 5) is 15.8. The fourth-order valence-corrected chi connectivity index (χ4v) is 2.16. The van der Waals surface area contributed by atoms with Crippen LogP contribution in [0, 0.1) is 12.8 Å². The van der Waals surface area contributed by atoms with Crippen LogP contribution in [0.3, 0.4) is 0 Å². The van der Waals surface area contributed by atoms with Crippen molar-refractivity contribution in [3.63, 3.8) is 0 Å². The predicted octanol–water partition coefficient (Wildman–Crippen LogP) is 3.17. The maximum Gasteiger partial charge on any atom is 0.227 e. The van der Waals surface area contributed by atoms with E-state index in [1.165, 1.54) is 0 Å². The number of hydrogen-bond acceptors (Lipinski definition) is 2. The Labute approximate surface area is 100 Å². The lowest BCUT2D eigenvalue weighted by atomic mass is 10.1. The molecule has 0 spiro atoms. The van der Waals surface area contributed by atoms with Gasteiger partial charge in [0, 0.05) is 5.92 Å². The molecule has 0 saturated heterocycles. The third kappa shape index (κ3) is 2.53. The zero-order valence-corrected chi connectivity index (χ0v) is 10.0. The number of pyridine rings is 1. The minimum Gasteiger partial charge on any atom is -0.324 e. The molecule has 1 aliphatic rings. The quantitative estimate of drug-likeness (QED) is 0.805. The van der Waals surface area contributed by atoms with Gasteiger partial charge in [0.15, 0.2) is 0 Å². The minimum absolute atomic E-state index is 0.112. The number of amides is 1. The van der Waals surface area contributed by atoms with Crippen molar-refractivity contribution in [1.29, 1.82) is 0 Å². The normalized spacial score (nSPS) is 16.4. The first-order chi connectivity index (χ1) is 7.66. The van der Waals surface area contributed by atoms with E-state index in [1.54, 1.807) is 6.20 Å². The average Bonchev–Trinajstić information content (AvgIpc) is 2.77. The Morgan fingerprint density at radius 3 is 2.81 bits per heavy atom. The van der Waals surface area contributed by atoms with Crippen LogP contribution < -0.4 is 5.32 Å². The molecule has 0 aliphatic heterocycles. The van der Waals surface area contributed by atoms with Gasteiger partial charge in [0.2, 0.25) is 5.91 Å². The topological polar surface area (TPSA) is 42.0 Å². The molecular formula is C12H15ClN2O. The Hall–Kier alpha value is -1.09. The molecule has 1 saturated carbocycles. The van der Waals surface area contributed by atoms with E-state index in [1.807, 2.05) is 13.0 Å². The first-order valence-corrected chi connectivity index (χ1v) is 5.97. The molecule has 2 rings (SSSR count). The van der Waals surface area contributed by atoms with Crippen LogP contribution >= 0.6 is 11.6 Å². The average molecular weight is 239 g/mol. The number of hydrogen-bond donors (Lipinski definition) is 1. The summed E-state index contributed by atoms with van der Waals surface area (Å²) in [7, 11) is 0. The molecule has 1 aromatic rings. The van der Waals surface area contributed by atoms with E-state index in [0.29, 0.717) is 5.15 Å². The molecule has 86 valence electrons. The molecule has 0 aromatic carbocycles. The second-order valence-corrected chi connectivity index (χ2v) is 4.66. The van der Waals surface area contributed by atoms with Crippen LogP contribution in [0.25, 0.3) is 0 Å². The van der Waals surface area contributed by atoms with Gasteiger partial charge in [-0.25, -0.2) is 4.98 Å². The number of nitrogens with one attached hydrogen (secondary N) is 1. The Morgan fingerprint density at radius 1 is 1.50 bits per heavy atom. The lowest BCUT2D eigenvalue weighted by Crippen LogP contribution is -2.20. The van der Waals surface area contributed by atoms with Crippen molar-refractivity contribution in [2.75, 3.05) is 5.32 Å². The SMILES string of the molecule is Cc1cc(NC(=O)C2CCCC2)cnc1Cl. The van der Waals surface area contributed by atoms with Crippen molar-refractivity contribution in [3.8, 4) is 0 Å². The first kappa shape index (κ1) is 11.4. The predicted molar refractivity (Wildman–Crippen MR) is 64.6 cm³/mol. The minimum atomic E-state index is 0.112. The highest BCUT2D eigenvalue weighted by atomic mass is 35.5. The van der Waals surface area contributed by atoms with E-state index in [-0.39, 0.29) is 11.8 Å². The van der Waals surface area contributed by atoms with Gasteiger partial charge in [0.25, 0.3) is 0 Å². The fourth-order valence-electron chi connectivity index (χ4n) is 2.06. The van der Waals surface area contributed by atoms with Crippen LogP contribution in [0.15, 0.2) is 12.3 Å². The van der Waals surface area contributed by atoms with E-state index in [4.69, 9.17) is 11.6 Å². The second kappa shape index (κ2) is 4.83. The Bertz CT molecular complexity index is 400. The highest BCUT2D eigenvalue weighted by molar-refractivity contribution is 6.30. The van der Waals surface area contributed by atoms with Gasteiger partial charge in [-0.2, -0.15) is 0 Å². The van der Waals surface area contributed by atoms with Gasteiger partial charge in [-0.15, -0.1) is 0 Å². The van der Waals surface area contributed by atoms with E-state index >= 15 is 0 Å². The largest absolute Gasteiger partial charge is 0.324 e. The molecule has 1 heterocycles. The Kier molecular flexibility index (Phi) is 3.44. The molecule has 1 aliphatic carbocycles. The number of carbonyl (C=O) groups is 1. The molecule has 0 radical (unpaired) electrons. The number of aryl methyl sites for hydroxylation is 1. The van der Waals surface area contributed by atoms with Crippen LogP contribution in [0.5, 0.6) is 0 Å². The molecule has 0 unspecified atom stereocenters. The fraction of sp³-hybridized carbons (Fsp3) is 0.500. The monoisotopic (exact) mass is 238 g/mol. The van der Waals surface area contributed by atoms with Crippen molar-refractivity contribution in [3.05, 3.63) is 23.0 Å². The van der Waals surface area contributed by atoms with Gasteiger partial charge in [0.05, 0.1) is 11.9 Å².